The first kappa shape index (κ1) is 17.8. The predicted octanol–water partition coefficient (Wildman–Crippen LogP) is 2.03. The molecule has 4 amide bonds. The third-order valence-electron chi connectivity index (χ3n) is 2.98. The lowest BCUT2D eigenvalue weighted by molar-refractivity contribution is -0.120. The number of ether oxygens (including phenoxy) is 1. The quantitative estimate of drug-likeness (QED) is 0.655. The summed E-state index contributed by atoms with van der Waals surface area (Å²) >= 11 is 6.02. The molecule has 0 aliphatic carbocycles. The summed E-state index contributed by atoms with van der Waals surface area (Å²) in [4.78, 5) is 34.6. The van der Waals surface area contributed by atoms with Crippen LogP contribution in [0.5, 0.6) is 0 Å². The molecule has 0 spiro atoms. The van der Waals surface area contributed by atoms with Gasteiger partial charge in [-0.05, 0) is 31.9 Å². The molecule has 22 heavy (non-hydrogen) atoms. The van der Waals surface area contributed by atoms with E-state index in [9.17, 15) is 14.4 Å². The molecule has 1 unspecified atom stereocenters. The molecule has 3 N–H and O–H groups in total. The summed E-state index contributed by atoms with van der Waals surface area (Å²) in [6, 6.07) is 4.27. The Morgan fingerprint density at radius 1 is 1.27 bits per heavy atom. The highest BCUT2D eigenvalue weighted by Crippen LogP contribution is 2.28. The zero-order chi connectivity index (χ0) is 17.1. The average Bonchev–Trinajstić information content (AvgIpc) is 2.40. The lowest BCUT2D eigenvalue weighted by atomic mass is 10.1. The fourth-order valence-electron chi connectivity index (χ4n) is 2.02. The number of carbonyl (C=O) groups excluding carboxylic acids is 3. The largest absolute Gasteiger partial charge is 0.452 e. The van der Waals surface area contributed by atoms with E-state index in [2.05, 4.69) is 10.1 Å². The number of carbonyl (C=O) groups is 3. The third-order valence-corrected chi connectivity index (χ3v) is 3.24. The Morgan fingerprint density at radius 2 is 1.77 bits per heavy atom. The molecule has 1 aromatic rings. The van der Waals surface area contributed by atoms with Crippen LogP contribution in [0, 0.1) is 13.8 Å². The number of primary amides is 1. The van der Waals surface area contributed by atoms with Gasteiger partial charge in [0, 0.05) is 0 Å². The third kappa shape index (κ3) is 3.67. The van der Waals surface area contributed by atoms with Crippen molar-refractivity contribution in [3.05, 3.63) is 29.3 Å². The van der Waals surface area contributed by atoms with Crippen LogP contribution in [0.1, 0.15) is 18.1 Å². The first-order valence-electron chi connectivity index (χ1n) is 6.37. The summed E-state index contributed by atoms with van der Waals surface area (Å²) in [5.74, 6) is -0.878. The summed E-state index contributed by atoms with van der Waals surface area (Å²) < 4.78 is 4.66. The minimum atomic E-state index is -1.89. The van der Waals surface area contributed by atoms with Crippen molar-refractivity contribution < 1.29 is 19.1 Å². The second kappa shape index (κ2) is 6.65. The number of imide groups is 1. The van der Waals surface area contributed by atoms with Crippen molar-refractivity contribution in [2.75, 3.05) is 12.0 Å². The van der Waals surface area contributed by atoms with Crippen molar-refractivity contribution in [1.82, 2.24) is 5.32 Å². The Morgan fingerprint density at radius 3 is 2.18 bits per heavy atom. The van der Waals surface area contributed by atoms with Crippen molar-refractivity contribution in [2.45, 2.75) is 25.8 Å². The van der Waals surface area contributed by atoms with Crippen LogP contribution in [0.3, 0.4) is 0 Å². The molecule has 1 atom stereocenters. The average molecular weight is 328 g/mol. The maximum atomic E-state index is 12.6. The molecular weight excluding hydrogens is 310 g/mol. The van der Waals surface area contributed by atoms with E-state index < -0.39 is 23.0 Å². The highest BCUT2D eigenvalue weighted by molar-refractivity contribution is 6.39. The number of halogens is 1. The number of hydrogen-bond donors (Lipinski definition) is 2. The number of nitrogens with zero attached hydrogens (tertiary/aromatic N) is 1. The number of para-hydroxylation sites is 1. The van der Waals surface area contributed by atoms with E-state index in [4.69, 9.17) is 17.3 Å². The van der Waals surface area contributed by atoms with Crippen molar-refractivity contribution in [2.24, 2.45) is 5.73 Å². The number of methoxy groups -OCH3 is 1. The van der Waals surface area contributed by atoms with E-state index in [1.165, 1.54) is 6.92 Å². The summed E-state index contributed by atoms with van der Waals surface area (Å²) in [6.45, 7) is 4.70. The van der Waals surface area contributed by atoms with Gasteiger partial charge >= 0.3 is 12.1 Å². The van der Waals surface area contributed by atoms with Gasteiger partial charge in [0.1, 0.15) is 0 Å². The van der Waals surface area contributed by atoms with E-state index in [1.807, 2.05) is 0 Å². The van der Waals surface area contributed by atoms with E-state index in [0.29, 0.717) is 16.8 Å². The lowest BCUT2D eigenvalue weighted by Gasteiger charge is -2.30. The van der Waals surface area contributed by atoms with E-state index in [-0.39, 0.29) is 0 Å². The molecule has 0 saturated carbocycles. The van der Waals surface area contributed by atoms with Crippen LogP contribution in [0.25, 0.3) is 0 Å². The Bertz CT molecular complexity index is 596. The topological polar surface area (TPSA) is 102 Å². The van der Waals surface area contributed by atoms with Crippen molar-refractivity contribution >= 4 is 35.3 Å². The number of amides is 4. The molecule has 1 aromatic carbocycles. The number of anilines is 1. The molecule has 0 heterocycles. The zero-order valence-electron chi connectivity index (χ0n) is 12.8. The number of nitrogens with one attached hydrogen (secondary N) is 1. The smallest absolute Gasteiger partial charge is 0.421 e. The van der Waals surface area contributed by atoms with Gasteiger partial charge in [-0.25, -0.2) is 14.5 Å². The van der Waals surface area contributed by atoms with Gasteiger partial charge in [-0.15, -0.1) is 0 Å². The Balaban J connectivity index is 3.40. The van der Waals surface area contributed by atoms with Gasteiger partial charge in [-0.1, -0.05) is 29.8 Å². The van der Waals surface area contributed by atoms with Crippen LogP contribution in [-0.4, -0.2) is 30.1 Å². The van der Waals surface area contributed by atoms with Crippen molar-refractivity contribution in [3.8, 4) is 0 Å². The Hall–Kier alpha value is -2.28. The number of urea groups is 1. The van der Waals surface area contributed by atoms with Crippen molar-refractivity contribution in [3.63, 3.8) is 0 Å². The highest BCUT2D eigenvalue weighted by atomic mass is 35.5. The first-order valence-corrected chi connectivity index (χ1v) is 6.75. The van der Waals surface area contributed by atoms with Crippen molar-refractivity contribution in [1.29, 1.82) is 0 Å². The van der Waals surface area contributed by atoms with Crippen LogP contribution >= 0.6 is 11.6 Å². The second-order valence-corrected chi connectivity index (χ2v) is 5.60. The molecule has 120 valence electrons. The van der Waals surface area contributed by atoms with E-state index in [1.54, 1.807) is 32.0 Å². The van der Waals surface area contributed by atoms with Gasteiger partial charge in [0.25, 0.3) is 5.91 Å². The lowest BCUT2D eigenvalue weighted by Crippen LogP contribution is -2.57. The molecule has 0 aliphatic heterocycles. The number of aryl methyl sites for hydroxylation is 2. The van der Waals surface area contributed by atoms with Crippen LogP contribution in [0.15, 0.2) is 18.2 Å². The summed E-state index contributed by atoms with van der Waals surface area (Å²) in [5.41, 5.74) is 6.69. The molecule has 7 nitrogen and oxygen atoms in total. The molecule has 0 aromatic heterocycles. The summed E-state index contributed by atoms with van der Waals surface area (Å²) in [6.07, 6.45) is -0.916. The molecule has 0 radical (unpaired) electrons. The number of alkyl halides is 1. The second-order valence-electron chi connectivity index (χ2n) is 4.84. The van der Waals surface area contributed by atoms with Gasteiger partial charge in [-0.3, -0.25) is 4.79 Å². The molecule has 0 bridgehead atoms. The van der Waals surface area contributed by atoms with Crippen LogP contribution in [0.2, 0.25) is 0 Å². The number of hydrogen-bond acceptors (Lipinski definition) is 4. The van der Waals surface area contributed by atoms with Gasteiger partial charge in [0.2, 0.25) is 0 Å². The monoisotopic (exact) mass is 327 g/mol. The molecule has 8 heteroatoms. The Kier molecular flexibility index (Phi) is 5.38. The fourth-order valence-corrected chi connectivity index (χ4v) is 2.20. The SMILES string of the molecule is COC(=O)N(C(=O)C(C)(Cl)NC(N)=O)c1c(C)cccc1C. The molecule has 0 aliphatic rings. The van der Waals surface area contributed by atoms with Gasteiger partial charge < -0.3 is 15.8 Å². The number of benzene rings is 1. The van der Waals surface area contributed by atoms with E-state index >= 15 is 0 Å². The standard InChI is InChI=1S/C14H18ClN3O4/c1-8-6-5-7-9(2)10(8)18(13(21)22-4)11(19)14(3,15)17-12(16)20/h5-7H,1-4H3,(H3,16,17,20). The van der Waals surface area contributed by atoms with Gasteiger partial charge in [0.05, 0.1) is 12.8 Å². The fraction of sp³-hybridized carbons (Fsp3) is 0.357. The molecule has 0 fully saturated rings. The summed E-state index contributed by atoms with van der Waals surface area (Å²) in [5, 5.41) is 2.09. The maximum Gasteiger partial charge on any atom is 0.421 e. The van der Waals surface area contributed by atoms with Gasteiger partial charge in [-0.2, -0.15) is 0 Å². The first-order chi connectivity index (χ1) is 10.1. The number of rotatable bonds is 3. The Labute approximate surface area is 133 Å². The normalized spacial score (nSPS) is 13.0. The van der Waals surface area contributed by atoms with Gasteiger partial charge in [0.15, 0.2) is 5.00 Å². The molecular formula is C14H18ClN3O4. The zero-order valence-corrected chi connectivity index (χ0v) is 13.5. The minimum Gasteiger partial charge on any atom is -0.452 e. The molecule has 1 rings (SSSR count). The van der Waals surface area contributed by atoms with Crippen LogP contribution in [0.4, 0.5) is 15.3 Å². The minimum absolute atomic E-state index is 0.345. The summed E-state index contributed by atoms with van der Waals surface area (Å²) in [7, 11) is 1.14. The highest BCUT2D eigenvalue weighted by Gasteiger charge is 2.41. The maximum absolute atomic E-state index is 12.6. The molecule has 0 saturated heterocycles. The van der Waals surface area contributed by atoms with Crippen LogP contribution in [-0.2, 0) is 9.53 Å². The number of nitrogens with two attached hydrogens (primary N) is 1. The van der Waals surface area contributed by atoms with E-state index in [0.717, 1.165) is 12.0 Å². The predicted molar refractivity (Wildman–Crippen MR) is 82.8 cm³/mol. The van der Waals surface area contributed by atoms with Crippen LogP contribution < -0.4 is 16.0 Å².